The Bertz CT molecular complexity index is 706. The molecule has 1 aromatic carbocycles. The van der Waals surface area contributed by atoms with Crippen LogP contribution in [0.2, 0.25) is 0 Å². The molecule has 0 fully saturated rings. The molecule has 3 rings (SSSR count). The van der Waals surface area contributed by atoms with Crippen molar-refractivity contribution < 1.29 is 9.53 Å². The fourth-order valence-corrected chi connectivity index (χ4v) is 3.12. The topological polar surface area (TPSA) is 73.4 Å². The van der Waals surface area contributed by atoms with Gasteiger partial charge in [0.05, 0.1) is 18.5 Å². The normalized spacial score (nSPS) is 14.5. The molecule has 122 valence electrons. The van der Waals surface area contributed by atoms with Gasteiger partial charge in [0.15, 0.2) is 5.69 Å². The third-order valence-corrected chi connectivity index (χ3v) is 4.23. The number of methoxy groups -OCH3 is 1. The zero-order valence-corrected chi connectivity index (χ0v) is 13.6. The number of fused-ring (bicyclic) bond motifs is 1. The van der Waals surface area contributed by atoms with Gasteiger partial charge in [-0.05, 0) is 37.2 Å². The molecule has 6 nitrogen and oxygen atoms in total. The third-order valence-electron chi connectivity index (χ3n) is 4.23. The summed E-state index contributed by atoms with van der Waals surface area (Å²) in [5, 5.41) is 4.49. The number of primary amides is 1. The molecule has 2 N–H and O–H groups in total. The molecular weight excluding hydrogens is 292 g/mol. The first-order chi connectivity index (χ1) is 11.1. The smallest absolute Gasteiger partial charge is 0.269 e. The largest absolute Gasteiger partial charge is 0.497 e. The Morgan fingerprint density at radius 3 is 2.70 bits per heavy atom. The van der Waals surface area contributed by atoms with Gasteiger partial charge in [-0.15, -0.1) is 0 Å². The molecule has 0 atom stereocenters. The van der Waals surface area contributed by atoms with Gasteiger partial charge in [0, 0.05) is 25.1 Å². The summed E-state index contributed by atoms with van der Waals surface area (Å²) in [6.45, 7) is 4.88. The van der Waals surface area contributed by atoms with Crippen LogP contribution in [0.15, 0.2) is 24.3 Å². The van der Waals surface area contributed by atoms with Crippen molar-refractivity contribution in [2.24, 2.45) is 5.73 Å². The molecule has 0 saturated heterocycles. The summed E-state index contributed by atoms with van der Waals surface area (Å²) in [6.07, 6.45) is 1.95. The van der Waals surface area contributed by atoms with Crippen LogP contribution in [0.1, 0.15) is 35.1 Å². The van der Waals surface area contributed by atoms with Crippen LogP contribution in [0.5, 0.6) is 5.75 Å². The number of benzene rings is 1. The highest BCUT2D eigenvalue weighted by Gasteiger charge is 2.27. The van der Waals surface area contributed by atoms with Crippen molar-refractivity contribution in [1.82, 2.24) is 14.7 Å². The molecule has 1 amide bonds. The molecule has 2 heterocycles. The summed E-state index contributed by atoms with van der Waals surface area (Å²) >= 11 is 0. The van der Waals surface area contributed by atoms with Crippen molar-refractivity contribution >= 4 is 5.91 Å². The standard InChI is InChI=1S/C17H22N4O2/c1-3-9-20-10-8-15-14(11-20)16(17(18)22)19-21(15)12-4-6-13(23-2)7-5-12/h4-7H,3,8-11H2,1-2H3,(H2,18,22). The number of nitrogens with two attached hydrogens (primary N) is 1. The van der Waals surface area contributed by atoms with Gasteiger partial charge < -0.3 is 10.5 Å². The van der Waals surface area contributed by atoms with E-state index in [0.29, 0.717) is 5.69 Å². The molecule has 0 bridgehead atoms. The maximum Gasteiger partial charge on any atom is 0.269 e. The van der Waals surface area contributed by atoms with Crippen LogP contribution in [0, 0.1) is 0 Å². The first-order valence-corrected chi connectivity index (χ1v) is 7.91. The molecule has 6 heteroatoms. The van der Waals surface area contributed by atoms with E-state index >= 15 is 0 Å². The Labute approximate surface area is 135 Å². The van der Waals surface area contributed by atoms with Gasteiger partial charge >= 0.3 is 0 Å². The molecule has 1 aliphatic heterocycles. The van der Waals surface area contributed by atoms with Gasteiger partial charge in [-0.3, -0.25) is 9.69 Å². The van der Waals surface area contributed by atoms with E-state index in [0.717, 1.165) is 55.2 Å². The number of carbonyl (C=O) groups excluding carboxylic acids is 1. The molecular formula is C17H22N4O2. The number of aromatic nitrogens is 2. The van der Waals surface area contributed by atoms with Crippen molar-refractivity contribution in [2.45, 2.75) is 26.3 Å². The van der Waals surface area contributed by atoms with Crippen LogP contribution in [-0.4, -0.2) is 40.8 Å². The van der Waals surface area contributed by atoms with E-state index in [1.807, 2.05) is 28.9 Å². The summed E-state index contributed by atoms with van der Waals surface area (Å²) in [7, 11) is 1.64. The summed E-state index contributed by atoms with van der Waals surface area (Å²) in [5.41, 5.74) is 8.89. The fourth-order valence-electron chi connectivity index (χ4n) is 3.12. The van der Waals surface area contributed by atoms with Crippen LogP contribution in [-0.2, 0) is 13.0 Å². The van der Waals surface area contributed by atoms with E-state index in [1.165, 1.54) is 0 Å². The van der Waals surface area contributed by atoms with Crippen LogP contribution < -0.4 is 10.5 Å². The lowest BCUT2D eigenvalue weighted by molar-refractivity contribution is 0.0993. The average Bonchev–Trinajstić information content (AvgIpc) is 2.94. The number of ether oxygens (including phenoxy) is 1. The first kappa shape index (κ1) is 15.6. The minimum absolute atomic E-state index is 0.386. The lowest BCUT2D eigenvalue weighted by Crippen LogP contribution is -2.32. The Morgan fingerprint density at radius 1 is 1.35 bits per heavy atom. The minimum Gasteiger partial charge on any atom is -0.497 e. The van der Waals surface area contributed by atoms with Crippen molar-refractivity contribution in [2.75, 3.05) is 20.2 Å². The second kappa shape index (κ2) is 6.42. The summed E-state index contributed by atoms with van der Waals surface area (Å²) in [4.78, 5) is 14.1. The predicted octanol–water partition coefficient (Wildman–Crippen LogP) is 1.75. The summed E-state index contributed by atoms with van der Waals surface area (Å²) < 4.78 is 7.04. The third kappa shape index (κ3) is 2.94. The van der Waals surface area contributed by atoms with Crippen molar-refractivity contribution in [3.63, 3.8) is 0 Å². The van der Waals surface area contributed by atoms with Crippen molar-refractivity contribution in [1.29, 1.82) is 0 Å². The van der Waals surface area contributed by atoms with E-state index in [9.17, 15) is 4.79 Å². The molecule has 0 saturated carbocycles. The van der Waals surface area contributed by atoms with Gasteiger partial charge in [-0.1, -0.05) is 6.92 Å². The van der Waals surface area contributed by atoms with E-state index in [1.54, 1.807) is 7.11 Å². The number of rotatable bonds is 5. The Hall–Kier alpha value is -2.34. The minimum atomic E-state index is -0.466. The molecule has 23 heavy (non-hydrogen) atoms. The van der Waals surface area contributed by atoms with Crippen LogP contribution in [0.25, 0.3) is 5.69 Å². The van der Waals surface area contributed by atoms with Gasteiger partial charge in [0.1, 0.15) is 5.75 Å². The molecule has 0 aliphatic carbocycles. The predicted molar refractivity (Wildman–Crippen MR) is 87.9 cm³/mol. The number of carbonyl (C=O) groups is 1. The maximum atomic E-state index is 11.8. The fraction of sp³-hybridized carbons (Fsp3) is 0.412. The zero-order chi connectivity index (χ0) is 16.4. The van der Waals surface area contributed by atoms with E-state index in [4.69, 9.17) is 10.5 Å². The Balaban J connectivity index is 2.02. The van der Waals surface area contributed by atoms with Gasteiger partial charge in [0.25, 0.3) is 5.91 Å². The van der Waals surface area contributed by atoms with Gasteiger partial charge in [-0.2, -0.15) is 5.10 Å². The van der Waals surface area contributed by atoms with Gasteiger partial charge in [-0.25, -0.2) is 4.68 Å². The van der Waals surface area contributed by atoms with Gasteiger partial charge in [0.2, 0.25) is 0 Å². The van der Waals surface area contributed by atoms with Crippen molar-refractivity contribution in [3.05, 3.63) is 41.2 Å². The molecule has 0 radical (unpaired) electrons. The second-order valence-corrected chi connectivity index (χ2v) is 5.77. The lowest BCUT2D eigenvalue weighted by Gasteiger charge is -2.27. The summed E-state index contributed by atoms with van der Waals surface area (Å²) in [5.74, 6) is 0.325. The van der Waals surface area contributed by atoms with E-state index in [2.05, 4.69) is 16.9 Å². The monoisotopic (exact) mass is 314 g/mol. The highest BCUT2D eigenvalue weighted by atomic mass is 16.5. The number of hydrogen-bond donors (Lipinski definition) is 1. The van der Waals surface area contributed by atoms with Crippen molar-refractivity contribution in [3.8, 4) is 11.4 Å². The van der Waals surface area contributed by atoms with E-state index in [-0.39, 0.29) is 0 Å². The highest BCUT2D eigenvalue weighted by molar-refractivity contribution is 5.92. The number of amides is 1. The second-order valence-electron chi connectivity index (χ2n) is 5.77. The molecule has 2 aromatic rings. The maximum absolute atomic E-state index is 11.8. The molecule has 0 spiro atoms. The number of hydrogen-bond acceptors (Lipinski definition) is 4. The van der Waals surface area contributed by atoms with Crippen LogP contribution in [0.4, 0.5) is 0 Å². The van der Waals surface area contributed by atoms with Crippen LogP contribution in [0.3, 0.4) is 0 Å². The van der Waals surface area contributed by atoms with Crippen LogP contribution >= 0.6 is 0 Å². The Kier molecular flexibility index (Phi) is 4.34. The Morgan fingerprint density at radius 2 is 2.09 bits per heavy atom. The molecule has 0 unspecified atom stereocenters. The zero-order valence-electron chi connectivity index (χ0n) is 13.6. The lowest BCUT2D eigenvalue weighted by atomic mass is 10.0. The summed E-state index contributed by atoms with van der Waals surface area (Å²) in [6, 6.07) is 7.66. The SMILES string of the molecule is CCCN1CCc2c(c(C(N)=O)nn2-c2ccc(OC)cc2)C1. The average molecular weight is 314 g/mol. The molecule has 1 aliphatic rings. The quantitative estimate of drug-likeness (QED) is 0.912. The highest BCUT2D eigenvalue weighted by Crippen LogP contribution is 2.26. The molecule has 1 aromatic heterocycles. The first-order valence-electron chi connectivity index (χ1n) is 7.91. The number of nitrogens with zero attached hydrogens (tertiary/aromatic N) is 3. The van der Waals surface area contributed by atoms with E-state index < -0.39 is 5.91 Å².